The van der Waals surface area contributed by atoms with Crippen molar-refractivity contribution >= 4 is 23.1 Å². The monoisotopic (exact) mass is 363 g/mol. The molecule has 3 atom stereocenters. The Labute approximate surface area is 158 Å². The predicted octanol–water partition coefficient (Wildman–Crippen LogP) is 3.56. The Kier molecular flexibility index (Phi) is 3.74. The minimum absolute atomic E-state index is 0.0234. The summed E-state index contributed by atoms with van der Waals surface area (Å²) in [6, 6.07) is 8.38. The molecule has 0 fully saturated rings. The molecule has 27 heavy (non-hydrogen) atoms. The molecule has 4 N–H and O–H groups in total. The topological polar surface area (TPSA) is 81.3 Å². The standard InChI is InChI=1S/C21H25N5O/c1-11-6-7-22-20-12(2)24-16-5-3-4-14(19(16)26-20)17-9-15-18(25-17)13(8-11)10-23-21(15)27/h3-5,9,11-13,24-25H,6-8,10H2,1-2H3,(H,22,26)(H,23,27)/t11?,12?,13-/m0/s1. The molecule has 0 saturated carbocycles. The van der Waals surface area contributed by atoms with Crippen LogP contribution in [0.1, 0.15) is 48.7 Å². The van der Waals surface area contributed by atoms with E-state index < -0.39 is 0 Å². The van der Waals surface area contributed by atoms with Crippen LogP contribution in [0.3, 0.4) is 0 Å². The number of amides is 1. The number of aliphatic imine (C=N–C) groups is 1. The second kappa shape index (κ2) is 6.15. The smallest absolute Gasteiger partial charge is 0.253 e. The number of H-pyrrole nitrogens is 1. The zero-order chi connectivity index (χ0) is 18.5. The van der Waals surface area contributed by atoms with Gasteiger partial charge in [-0.2, -0.15) is 0 Å². The summed E-state index contributed by atoms with van der Waals surface area (Å²) in [7, 11) is 0. The van der Waals surface area contributed by atoms with Crippen LogP contribution in [-0.4, -0.2) is 35.9 Å². The van der Waals surface area contributed by atoms with Gasteiger partial charge in [0.1, 0.15) is 5.84 Å². The summed E-state index contributed by atoms with van der Waals surface area (Å²) in [4.78, 5) is 20.9. The highest BCUT2D eigenvalue weighted by Crippen LogP contribution is 2.40. The molecule has 1 aromatic carbocycles. The van der Waals surface area contributed by atoms with Gasteiger partial charge in [0, 0.05) is 36.0 Å². The molecule has 6 heteroatoms. The minimum Gasteiger partial charge on any atom is -0.374 e. The summed E-state index contributed by atoms with van der Waals surface area (Å²) in [5, 5.41) is 10.2. The van der Waals surface area contributed by atoms with E-state index in [9.17, 15) is 4.79 Å². The molecule has 0 aliphatic carbocycles. The first-order valence-electron chi connectivity index (χ1n) is 9.82. The number of anilines is 2. The summed E-state index contributed by atoms with van der Waals surface area (Å²) in [6.07, 6.45) is 2.09. The fraction of sp³-hybridized carbons (Fsp3) is 0.429. The van der Waals surface area contributed by atoms with Crippen molar-refractivity contribution in [2.24, 2.45) is 10.9 Å². The van der Waals surface area contributed by atoms with Crippen molar-refractivity contribution in [3.05, 3.63) is 35.5 Å². The van der Waals surface area contributed by atoms with E-state index in [2.05, 4.69) is 53.0 Å². The van der Waals surface area contributed by atoms with Crippen molar-refractivity contribution in [3.63, 3.8) is 0 Å². The van der Waals surface area contributed by atoms with Gasteiger partial charge in [-0.25, -0.2) is 0 Å². The zero-order valence-corrected chi connectivity index (χ0v) is 15.7. The number of hydrogen-bond donors (Lipinski definition) is 4. The number of aromatic nitrogens is 1. The maximum absolute atomic E-state index is 12.4. The van der Waals surface area contributed by atoms with Gasteiger partial charge in [0.25, 0.3) is 5.91 Å². The number of amidine groups is 1. The van der Waals surface area contributed by atoms with E-state index in [1.807, 2.05) is 6.07 Å². The molecule has 4 heterocycles. The lowest BCUT2D eigenvalue weighted by Crippen LogP contribution is -2.37. The first-order valence-corrected chi connectivity index (χ1v) is 9.82. The molecule has 2 unspecified atom stereocenters. The molecule has 3 aliphatic heterocycles. The van der Waals surface area contributed by atoms with Gasteiger partial charge < -0.3 is 20.9 Å². The predicted molar refractivity (Wildman–Crippen MR) is 109 cm³/mol. The molecule has 1 aromatic heterocycles. The Morgan fingerprint density at radius 1 is 1.19 bits per heavy atom. The second-order valence-electron chi connectivity index (χ2n) is 8.03. The number of rotatable bonds is 0. The van der Waals surface area contributed by atoms with E-state index in [-0.39, 0.29) is 11.9 Å². The fourth-order valence-corrected chi connectivity index (χ4v) is 4.49. The molecule has 6 nitrogen and oxygen atoms in total. The Morgan fingerprint density at radius 3 is 2.96 bits per heavy atom. The van der Waals surface area contributed by atoms with Crippen LogP contribution in [0, 0.1) is 5.92 Å². The fourth-order valence-electron chi connectivity index (χ4n) is 4.49. The van der Waals surface area contributed by atoms with E-state index >= 15 is 0 Å². The van der Waals surface area contributed by atoms with Crippen molar-refractivity contribution in [2.45, 2.75) is 38.6 Å². The Morgan fingerprint density at radius 2 is 2.07 bits per heavy atom. The molecule has 4 bridgehead atoms. The first kappa shape index (κ1) is 16.4. The van der Waals surface area contributed by atoms with Crippen LogP contribution in [0.4, 0.5) is 11.4 Å². The van der Waals surface area contributed by atoms with Gasteiger partial charge in [-0.1, -0.05) is 19.1 Å². The first-order chi connectivity index (χ1) is 13.1. The number of hydrogen-bond acceptors (Lipinski definition) is 4. The lowest BCUT2D eigenvalue weighted by atomic mass is 9.87. The number of para-hydroxylation sites is 1. The SMILES string of the molecule is CC1CCN=C2Nc3c(cccc3-c3cc4c([nH]3)[C@H](CNC4=O)C1)NC2C. The van der Waals surface area contributed by atoms with Gasteiger partial charge in [0.05, 0.1) is 23.0 Å². The number of nitrogens with one attached hydrogen (secondary N) is 4. The Bertz CT molecular complexity index is 944. The van der Waals surface area contributed by atoms with Crippen LogP contribution >= 0.6 is 0 Å². The van der Waals surface area contributed by atoms with Gasteiger partial charge in [-0.05, 0) is 37.8 Å². The van der Waals surface area contributed by atoms with Gasteiger partial charge in [-0.3, -0.25) is 9.79 Å². The molecule has 0 radical (unpaired) electrons. The van der Waals surface area contributed by atoms with E-state index in [0.717, 1.165) is 59.1 Å². The van der Waals surface area contributed by atoms with E-state index in [1.165, 1.54) is 0 Å². The summed E-state index contributed by atoms with van der Waals surface area (Å²) >= 11 is 0. The minimum atomic E-state index is 0.0234. The highest BCUT2D eigenvalue weighted by molar-refractivity contribution is 6.10. The molecule has 1 amide bonds. The molecule has 140 valence electrons. The van der Waals surface area contributed by atoms with E-state index in [0.29, 0.717) is 18.4 Å². The van der Waals surface area contributed by atoms with Crippen molar-refractivity contribution < 1.29 is 4.79 Å². The summed E-state index contributed by atoms with van der Waals surface area (Å²) < 4.78 is 0. The average molecular weight is 363 g/mol. The van der Waals surface area contributed by atoms with Crippen molar-refractivity contribution in [1.82, 2.24) is 10.3 Å². The zero-order valence-electron chi connectivity index (χ0n) is 15.7. The van der Waals surface area contributed by atoms with Crippen LogP contribution < -0.4 is 16.0 Å². The number of nitrogens with zero attached hydrogens (tertiary/aromatic N) is 1. The van der Waals surface area contributed by atoms with Crippen LogP contribution in [0.15, 0.2) is 29.3 Å². The van der Waals surface area contributed by atoms with Crippen LogP contribution in [0.2, 0.25) is 0 Å². The normalized spacial score (nSPS) is 26.4. The highest BCUT2D eigenvalue weighted by Gasteiger charge is 2.31. The molecular formula is C21H25N5O. The molecule has 5 rings (SSSR count). The second-order valence-corrected chi connectivity index (χ2v) is 8.03. The van der Waals surface area contributed by atoms with E-state index in [1.54, 1.807) is 0 Å². The molecule has 3 aliphatic rings. The quantitative estimate of drug-likeness (QED) is 0.578. The summed E-state index contributed by atoms with van der Waals surface area (Å²) in [5.41, 5.74) is 6.00. The summed E-state index contributed by atoms with van der Waals surface area (Å²) in [5.74, 6) is 1.87. The molecular weight excluding hydrogens is 338 g/mol. The third-order valence-electron chi connectivity index (χ3n) is 5.99. The van der Waals surface area contributed by atoms with Crippen LogP contribution in [0.5, 0.6) is 0 Å². The number of carbonyl (C=O) groups excluding carboxylic acids is 1. The number of fused-ring (bicyclic) bond motifs is 3. The Hall–Kier alpha value is -2.76. The van der Waals surface area contributed by atoms with E-state index in [4.69, 9.17) is 4.99 Å². The number of benzene rings is 1. The third-order valence-corrected chi connectivity index (χ3v) is 5.99. The lowest BCUT2D eigenvalue weighted by molar-refractivity contribution is 0.0937. The molecule has 0 spiro atoms. The maximum atomic E-state index is 12.4. The van der Waals surface area contributed by atoms with Crippen LogP contribution in [-0.2, 0) is 0 Å². The lowest BCUT2D eigenvalue weighted by Gasteiger charge is -2.29. The van der Waals surface area contributed by atoms with Gasteiger partial charge in [0.2, 0.25) is 0 Å². The van der Waals surface area contributed by atoms with Crippen LogP contribution in [0.25, 0.3) is 11.3 Å². The van der Waals surface area contributed by atoms with Crippen molar-refractivity contribution in [2.75, 3.05) is 23.7 Å². The third kappa shape index (κ3) is 2.71. The average Bonchev–Trinajstić information content (AvgIpc) is 3.10. The maximum Gasteiger partial charge on any atom is 0.253 e. The summed E-state index contributed by atoms with van der Waals surface area (Å²) in [6.45, 7) is 5.93. The number of carbonyl (C=O) groups is 1. The largest absolute Gasteiger partial charge is 0.374 e. The number of aromatic amines is 1. The van der Waals surface area contributed by atoms with Crippen molar-refractivity contribution in [1.29, 1.82) is 0 Å². The van der Waals surface area contributed by atoms with Crippen molar-refractivity contribution in [3.8, 4) is 11.3 Å². The van der Waals surface area contributed by atoms with Gasteiger partial charge >= 0.3 is 0 Å². The molecule has 0 saturated heterocycles. The highest BCUT2D eigenvalue weighted by atomic mass is 16.1. The van der Waals surface area contributed by atoms with Gasteiger partial charge in [0.15, 0.2) is 0 Å². The Balaban J connectivity index is 1.70. The molecule has 2 aromatic rings. The van der Waals surface area contributed by atoms with Gasteiger partial charge in [-0.15, -0.1) is 0 Å².